The van der Waals surface area contributed by atoms with E-state index in [9.17, 15) is 34.4 Å². The summed E-state index contributed by atoms with van der Waals surface area (Å²) in [5.41, 5.74) is 0.663. The first-order chi connectivity index (χ1) is 18.9. The van der Waals surface area contributed by atoms with Crippen LogP contribution in [0.5, 0.6) is 5.75 Å². The number of β-lactam (4-membered cyclic amide) rings is 1. The molecule has 0 aromatic heterocycles. The number of aromatic hydroxyl groups is 1. The molecule has 3 amide bonds. The van der Waals surface area contributed by atoms with E-state index in [-0.39, 0.29) is 24.1 Å². The van der Waals surface area contributed by atoms with Gasteiger partial charge < -0.3 is 30.1 Å². The highest BCUT2D eigenvalue weighted by Crippen LogP contribution is 2.51. The number of amides is 3. The second-order valence-electron chi connectivity index (χ2n) is 9.49. The van der Waals surface area contributed by atoms with Gasteiger partial charge in [0.2, 0.25) is 11.8 Å². The van der Waals surface area contributed by atoms with Crippen molar-refractivity contribution in [3.8, 4) is 5.75 Å². The number of nitrogens with one attached hydrogen (secondary N) is 2. The molecule has 4 rings (SSSR count). The Hall–Kier alpha value is -4.04. The maximum atomic E-state index is 13.4. The van der Waals surface area contributed by atoms with Gasteiger partial charge in [-0.15, -0.1) is 11.8 Å². The van der Waals surface area contributed by atoms with Gasteiger partial charge >= 0.3 is 12.1 Å². The number of benzene rings is 2. The number of ether oxygens (including phenoxy) is 2. The van der Waals surface area contributed by atoms with Crippen LogP contribution in [-0.4, -0.2) is 67.1 Å². The minimum atomic E-state index is -1.30. The van der Waals surface area contributed by atoms with Gasteiger partial charge in [0.1, 0.15) is 35.9 Å². The van der Waals surface area contributed by atoms with Gasteiger partial charge in [-0.25, -0.2) is 9.59 Å². The molecule has 0 aliphatic carbocycles. The van der Waals surface area contributed by atoms with Crippen molar-refractivity contribution in [2.45, 2.75) is 48.7 Å². The molecule has 2 unspecified atom stereocenters. The summed E-state index contributed by atoms with van der Waals surface area (Å²) in [5.74, 6) is -1.92. The lowest BCUT2D eigenvalue weighted by Crippen LogP contribution is -2.71. The molecule has 13 nitrogen and oxygen atoms in total. The fourth-order valence-electron chi connectivity index (χ4n) is 4.49. The molecular formula is C25H25ClN4O9S. The average molecular weight is 593 g/mol. The smallest absolute Gasteiger partial charge is 0.408 e. The number of thioether (sulfide) groups is 1. The average Bonchev–Trinajstić information content (AvgIpc) is 3.17. The highest BCUT2D eigenvalue weighted by Gasteiger charge is 2.64. The summed E-state index contributed by atoms with van der Waals surface area (Å²) in [6.45, 7) is 3.34. The SMILES string of the molecule is CC1(C)S[C@@H]2C(NC(=O)C(NC(=O)OCc3ccc([N+](=O)[O-])cc3)c3ccc(O)cc3)C(=O)N2[C@H]1C(=O)OCCl. The summed E-state index contributed by atoms with van der Waals surface area (Å²) >= 11 is 6.85. The van der Waals surface area contributed by atoms with Crippen LogP contribution in [0.25, 0.3) is 0 Å². The van der Waals surface area contributed by atoms with Crippen molar-refractivity contribution in [2.24, 2.45) is 0 Å². The van der Waals surface area contributed by atoms with E-state index in [1.807, 2.05) is 0 Å². The van der Waals surface area contributed by atoms with Crippen LogP contribution in [-0.2, 0) is 30.5 Å². The molecule has 2 aliphatic heterocycles. The molecule has 3 N–H and O–H groups in total. The van der Waals surface area contributed by atoms with E-state index in [0.29, 0.717) is 11.1 Å². The predicted octanol–water partition coefficient (Wildman–Crippen LogP) is 2.55. The number of non-ortho nitro benzene ring substituents is 1. The van der Waals surface area contributed by atoms with Crippen molar-refractivity contribution in [2.75, 3.05) is 6.07 Å². The molecule has 0 spiro atoms. The van der Waals surface area contributed by atoms with Gasteiger partial charge in [0, 0.05) is 16.9 Å². The summed E-state index contributed by atoms with van der Waals surface area (Å²) in [4.78, 5) is 63.1. The van der Waals surface area contributed by atoms with E-state index >= 15 is 0 Å². The number of nitro groups is 1. The number of hydrogen-bond donors (Lipinski definition) is 3. The fraction of sp³-hybridized carbons (Fsp3) is 0.360. The third kappa shape index (κ3) is 5.92. The van der Waals surface area contributed by atoms with Gasteiger partial charge in [-0.05, 0) is 49.2 Å². The number of halogens is 1. The minimum absolute atomic E-state index is 0.0621. The van der Waals surface area contributed by atoms with Crippen molar-refractivity contribution in [3.05, 3.63) is 69.8 Å². The second kappa shape index (κ2) is 11.6. The third-order valence-corrected chi connectivity index (χ3v) is 8.11. The van der Waals surface area contributed by atoms with Crippen LogP contribution in [0.4, 0.5) is 10.5 Å². The standard InChI is InChI=1S/C25H25ClN4O9S/c1-25(2)19(23(34)39-12-26)29-21(33)18(22(29)40-25)27-20(32)17(14-5-9-16(31)10-6-14)28-24(35)38-11-13-3-7-15(8-4-13)30(36)37/h3-10,17-19,22,31H,11-12H2,1-2H3,(H,27,32)(H,28,35)/t17?,18?,19-,22+/m0/s1. The zero-order chi connectivity index (χ0) is 29.2. The van der Waals surface area contributed by atoms with Crippen LogP contribution in [0.2, 0.25) is 0 Å². The molecule has 2 heterocycles. The molecule has 0 bridgehead atoms. The summed E-state index contributed by atoms with van der Waals surface area (Å²) in [6, 6.07) is 7.40. The first-order valence-electron chi connectivity index (χ1n) is 11.9. The summed E-state index contributed by atoms with van der Waals surface area (Å²) in [5, 5.41) is 25.0. The van der Waals surface area contributed by atoms with E-state index in [2.05, 4.69) is 10.6 Å². The number of nitrogens with zero attached hydrogens (tertiary/aromatic N) is 2. The molecule has 4 atom stereocenters. The van der Waals surface area contributed by atoms with Crippen LogP contribution < -0.4 is 10.6 Å². The third-order valence-electron chi connectivity index (χ3n) is 6.43. The van der Waals surface area contributed by atoms with E-state index in [1.165, 1.54) is 65.2 Å². The number of carbonyl (C=O) groups is 4. The Labute approximate surface area is 237 Å². The number of phenolic OH excluding ortho intramolecular Hbond substituents is 1. The largest absolute Gasteiger partial charge is 0.508 e. The van der Waals surface area contributed by atoms with Crippen molar-refractivity contribution >= 4 is 52.9 Å². The Morgan fingerprint density at radius 3 is 2.40 bits per heavy atom. The first-order valence-corrected chi connectivity index (χ1v) is 13.3. The van der Waals surface area contributed by atoms with E-state index < -0.39 is 57.0 Å². The van der Waals surface area contributed by atoms with Gasteiger partial charge in [-0.1, -0.05) is 23.7 Å². The highest BCUT2D eigenvalue weighted by atomic mass is 35.5. The number of esters is 1. The van der Waals surface area contributed by atoms with Crippen molar-refractivity contribution in [1.82, 2.24) is 15.5 Å². The Morgan fingerprint density at radius 2 is 1.80 bits per heavy atom. The van der Waals surface area contributed by atoms with Crippen molar-refractivity contribution in [3.63, 3.8) is 0 Å². The molecule has 40 heavy (non-hydrogen) atoms. The van der Waals surface area contributed by atoms with Gasteiger partial charge in [0.25, 0.3) is 5.69 Å². The van der Waals surface area contributed by atoms with Crippen molar-refractivity contribution < 1.29 is 38.7 Å². The van der Waals surface area contributed by atoms with Crippen LogP contribution in [0.1, 0.15) is 31.0 Å². The van der Waals surface area contributed by atoms with Crippen molar-refractivity contribution in [1.29, 1.82) is 0 Å². The van der Waals surface area contributed by atoms with Gasteiger partial charge in [0.05, 0.1) is 4.92 Å². The number of hydrogen-bond acceptors (Lipinski definition) is 10. The quantitative estimate of drug-likeness (QED) is 0.129. The number of carbonyl (C=O) groups excluding carboxylic acids is 4. The number of phenols is 1. The van der Waals surface area contributed by atoms with Gasteiger partial charge in [0.15, 0.2) is 6.07 Å². The van der Waals surface area contributed by atoms with E-state index in [1.54, 1.807) is 13.8 Å². The Bertz CT molecular complexity index is 1320. The van der Waals surface area contributed by atoms with Gasteiger partial charge in [-0.3, -0.25) is 19.7 Å². The molecule has 2 aromatic carbocycles. The zero-order valence-electron chi connectivity index (χ0n) is 21.2. The van der Waals surface area contributed by atoms with Crippen LogP contribution in [0.3, 0.4) is 0 Å². The molecular weight excluding hydrogens is 568 g/mol. The molecule has 2 fully saturated rings. The summed E-state index contributed by atoms with van der Waals surface area (Å²) < 4.78 is 9.40. The lowest BCUT2D eigenvalue weighted by molar-refractivity contribution is -0.384. The molecule has 0 radical (unpaired) electrons. The first kappa shape index (κ1) is 29.0. The maximum Gasteiger partial charge on any atom is 0.408 e. The molecule has 212 valence electrons. The molecule has 2 aliphatic rings. The summed E-state index contributed by atoms with van der Waals surface area (Å²) in [6.07, 6.45) is -0.964. The minimum Gasteiger partial charge on any atom is -0.508 e. The number of nitro benzene ring substituents is 1. The lowest BCUT2D eigenvalue weighted by atomic mass is 9.95. The normalized spacial score (nSPS) is 21.4. The molecule has 2 saturated heterocycles. The molecule has 0 saturated carbocycles. The highest BCUT2D eigenvalue weighted by molar-refractivity contribution is 8.01. The van der Waals surface area contributed by atoms with Gasteiger partial charge in [-0.2, -0.15) is 0 Å². The Kier molecular flexibility index (Phi) is 8.40. The number of fused-ring (bicyclic) bond motifs is 1. The molecule has 2 aromatic rings. The number of alkyl halides is 1. The van der Waals surface area contributed by atoms with E-state index in [4.69, 9.17) is 21.1 Å². The van der Waals surface area contributed by atoms with Crippen LogP contribution >= 0.6 is 23.4 Å². The number of alkyl carbamates (subject to hydrolysis) is 1. The second-order valence-corrected chi connectivity index (χ2v) is 11.5. The fourth-order valence-corrected chi connectivity index (χ4v) is 6.21. The lowest BCUT2D eigenvalue weighted by Gasteiger charge is -2.44. The Morgan fingerprint density at radius 1 is 1.15 bits per heavy atom. The predicted molar refractivity (Wildman–Crippen MR) is 142 cm³/mol. The van der Waals surface area contributed by atoms with Crippen LogP contribution in [0, 0.1) is 10.1 Å². The Balaban J connectivity index is 1.45. The number of rotatable bonds is 9. The zero-order valence-corrected chi connectivity index (χ0v) is 22.8. The monoisotopic (exact) mass is 592 g/mol. The topological polar surface area (TPSA) is 177 Å². The molecule has 15 heteroatoms. The maximum absolute atomic E-state index is 13.4. The summed E-state index contributed by atoms with van der Waals surface area (Å²) in [7, 11) is 0. The van der Waals surface area contributed by atoms with Crippen LogP contribution in [0.15, 0.2) is 48.5 Å². The van der Waals surface area contributed by atoms with E-state index in [0.717, 1.165) is 0 Å².